The van der Waals surface area contributed by atoms with Crippen LogP contribution in [0, 0.1) is 0 Å². The van der Waals surface area contributed by atoms with E-state index >= 15 is 0 Å². The highest BCUT2D eigenvalue weighted by molar-refractivity contribution is 6.31. The zero-order chi connectivity index (χ0) is 28.2. The molecule has 4 rings (SSSR count). The summed E-state index contributed by atoms with van der Waals surface area (Å²) in [6.07, 6.45) is -5.09. The molecule has 200 valence electrons. The molecule has 0 fully saturated rings. The summed E-state index contributed by atoms with van der Waals surface area (Å²) in [7, 11) is 4.28. The molecule has 4 aromatic rings. The lowest BCUT2D eigenvalue weighted by atomic mass is 9.77. The standard InChI is InChI=1S/C27H24ClF3N2O5/c1-14(18-8-5-15(11-20(18)28)16-6-9-19(24(34)35)23(12-16)38-4)26(37,27(29,30)31)17-7-10-21-22(13-17)33(3)25(36)32(21)2/h5-14,37H,1-4H3,(H,34,35). The number of carbonyl (C=O) groups is 1. The van der Waals surface area contributed by atoms with Crippen molar-refractivity contribution in [1.29, 1.82) is 0 Å². The molecule has 3 aromatic carbocycles. The lowest BCUT2D eigenvalue weighted by Gasteiger charge is -2.37. The first-order valence-electron chi connectivity index (χ1n) is 11.4. The van der Waals surface area contributed by atoms with E-state index in [4.69, 9.17) is 16.3 Å². The van der Waals surface area contributed by atoms with Crippen molar-refractivity contribution >= 4 is 28.6 Å². The Morgan fingerprint density at radius 1 is 0.974 bits per heavy atom. The van der Waals surface area contributed by atoms with Crippen molar-refractivity contribution in [2.24, 2.45) is 14.1 Å². The maximum absolute atomic E-state index is 14.5. The number of aromatic carboxylic acids is 1. The van der Waals surface area contributed by atoms with Crippen molar-refractivity contribution in [1.82, 2.24) is 9.13 Å². The molecule has 0 aliphatic carbocycles. The van der Waals surface area contributed by atoms with Crippen LogP contribution in [0.2, 0.25) is 5.02 Å². The molecule has 1 aromatic heterocycles. The second kappa shape index (κ2) is 9.52. The minimum Gasteiger partial charge on any atom is -0.496 e. The van der Waals surface area contributed by atoms with Crippen molar-refractivity contribution < 1.29 is 32.9 Å². The van der Waals surface area contributed by atoms with Crippen LogP contribution in [-0.2, 0) is 19.7 Å². The van der Waals surface area contributed by atoms with E-state index in [9.17, 15) is 33.0 Å². The van der Waals surface area contributed by atoms with Crippen LogP contribution in [0.1, 0.15) is 34.3 Å². The van der Waals surface area contributed by atoms with E-state index in [2.05, 4.69) is 0 Å². The maximum atomic E-state index is 14.5. The van der Waals surface area contributed by atoms with Crippen LogP contribution in [0.4, 0.5) is 13.2 Å². The van der Waals surface area contributed by atoms with Gasteiger partial charge in [0.25, 0.3) is 0 Å². The first-order chi connectivity index (χ1) is 17.7. The summed E-state index contributed by atoms with van der Waals surface area (Å²) in [4.78, 5) is 23.6. The van der Waals surface area contributed by atoms with Crippen molar-refractivity contribution in [3.63, 3.8) is 0 Å². The number of alkyl halides is 3. The van der Waals surface area contributed by atoms with Crippen LogP contribution >= 0.6 is 11.6 Å². The van der Waals surface area contributed by atoms with Crippen molar-refractivity contribution in [2.75, 3.05) is 7.11 Å². The number of halogens is 4. The van der Waals surface area contributed by atoms with E-state index in [1.807, 2.05) is 0 Å². The van der Waals surface area contributed by atoms with E-state index in [0.29, 0.717) is 16.6 Å². The fraction of sp³-hybridized carbons (Fsp3) is 0.259. The van der Waals surface area contributed by atoms with E-state index < -0.39 is 34.9 Å². The lowest BCUT2D eigenvalue weighted by Crippen LogP contribution is -2.46. The summed E-state index contributed by atoms with van der Waals surface area (Å²) < 4.78 is 51.3. The van der Waals surface area contributed by atoms with Gasteiger partial charge < -0.3 is 14.9 Å². The summed E-state index contributed by atoms with van der Waals surface area (Å²) in [6, 6.07) is 12.5. The van der Waals surface area contributed by atoms with Crippen LogP contribution in [0.15, 0.2) is 59.4 Å². The van der Waals surface area contributed by atoms with Crippen molar-refractivity contribution in [3.8, 4) is 16.9 Å². The maximum Gasteiger partial charge on any atom is 0.422 e. The van der Waals surface area contributed by atoms with E-state index in [-0.39, 0.29) is 27.4 Å². The van der Waals surface area contributed by atoms with Crippen molar-refractivity contribution in [3.05, 3.63) is 86.8 Å². The molecule has 38 heavy (non-hydrogen) atoms. The molecular weight excluding hydrogens is 525 g/mol. The topological polar surface area (TPSA) is 93.7 Å². The van der Waals surface area contributed by atoms with Crippen LogP contribution in [-0.4, -0.2) is 38.6 Å². The first kappa shape index (κ1) is 27.3. The van der Waals surface area contributed by atoms with E-state index in [1.54, 1.807) is 0 Å². The Labute approximate surface area is 220 Å². The quantitative estimate of drug-likeness (QED) is 0.334. The van der Waals surface area contributed by atoms with Crippen LogP contribution < -0.4 is 10.4 Å². The monoisotopic (exact) mass is 548 g/mol. The molecule has 0 saturated carbocycles. The van der Waals surface area contributed by atoms with Gasteiger partial charge in [0.05, 0.1) is 18.1 Å². The molecule has 7 nitrogen and oxygen atoms in total. The van der Waals surface area contributed by atoms with Gasteiger partial charge in [0, 0.05) is 25.0 Å². The Bertz CT molecular complexity index is 1630. The summed E-state index contributed by atoms with van der Waals surface area (Å²) in [5.41, 5.74) is -2.46. The fourth-order valence-corrected chi connectivity index (χ4v) is 5.08. The van der Waals surface area contributed by atoms with Gasteiger partial charge >= 0.3 is 17.8 Å². The Morgan fingerprint density at radius 2 is 1.58 bits per heavy atom. The smallest absolute Gasteiger partial charge is 0.422 e. The summed E-state index contributed by atoms with van der Waals surface area (Å²) in [6.45, 7) is 1.23. The van der Waals surface area contributed by atoms with Gasteiger partial charge in [0.15, 0.2) is 5.60 Å². The van der Waals surface area contributed by atoms with Gasteiger partial charge in [0.2, 0.25) is 0 Å². The second-order valence-corrected chi connectivity index (χ2v) is 9.45. The normalized spacial score (nSPS) is 14.3. The third kappa shape index (κ3) is 4.23. The highest BCUT2D eigenvalue weighted by Gasteiger charge is 2.59. The highest BCUT2D eigenvalue weighted by Crippen LogP contribution is 2.50. The minimum atomic E-state index is -5.09. The average Bonchev–Trinajstić information content (AvgIpc) is 3.09. The number of imidazole rings is 1. The van der Waals surface area contributed by atoms with Gasteiger partial charge in [-0.3, -0.25) is 9.13 Å². The predicted octanol–water partition coefficient (Wildman–Crippen LogP) is 5.46. The molecule has 1 heterocycles. The molecule has 0 radical (unpaired) electrons. The number of benzene rings is 3. The Kier molecular flexibility index (Phi) is 6.83. The number of fused-ring (bicyclic) bond motifs is 1. The molecule has 2 N–H and O–H groups in total. The Hall–Kier alpha value is -3.76. The number of carboxylic acids is 1. The third-order valence-corrected chi connectivity index (χ3v) is 7.33. The fourth-order valence-electron chi connectivity index (χ4n) is 4.73. The van der Waals surface area contributed by atoms with Gasteiger partial charge in [-0.25, -0.2) is 9.59 Å². The number of rotatable bonds is 6. The Morgan fingerprint density at radius 3 is 2.16 bits per heavy atom. The lowest BCUT2D eigenvalue weighted by molar-refractivity contribution is -0.274. The number of aromatic nitrogens is 2. The SMILES string of the molecule is COc1cc(-c2ccc(C(C)C(O)(c3ccc4c(c3)n(C)c(=O)n4C)C(F)(F)F)c(Cl)c2)ccc1C(=O)O. The number of nitrogens with zero attached hydrogens (tertiary/aromatic N) is 2. The summed E-state index contributed by atoms with van der Waals surface area (Å²) >= 11 is 6.46. The van der Waals surface area contributed by atoms with Crippen molar-refractivity contribution in [2.45, 2.75) is 24.6 Å². The second-order valence-electron chi connectivity index (χ2n) is 9.05. The molecular formula is C27H24ClF3N2O5. The number of hydrogen-bond acceptors (Lipinski definition) is 4. The zero-order valence-electron chi connectivity index (χ0n) is 20.8. The van der Waals surface area contributed by atoms with Gasteiger partial charge in [-0.2, -0.15) is 13.2 Å². The number of methoxy groups -OCH3 is 1. The van der Waals surface area contributed by atoms with Crippen LogP contribution in [0.3, 0.4) is 0 Å². The van der Waals surface area contributed by atoms with E-state index in [1.165, 1.54) is 85.8 Å². The van der Waals surface area contributed by atoms with Crippen LogP contribution in [0.25, 0.3) is 22.2 Å². The number of ether oxygens (including phenoxy) is 1. The molecule has 0 aliphatic rings. The molecule has 0 bridgehead atoms. The number of carboxylic acid groups (broad SMARTS) is 1. The number of hydrogen-bond donors (Lipinski definition) is 2. The van der Waals surface area contributed by atoms with E-state index in [0.717, 1.165) is 6.07 Å². The largest absolute Gasteiger partial charge is 0.496 e. The summed E-state index contributed by atoms with van der Waals surface area (Å²) in [5.74, 6) is -2.59. The first-order valence-corrected chi connectivity index (χ1v) is 11.8. The molecule has 0 spiro atoms. The minimum absolute atomic E-state index is 0.0212. The van der Waals surface area contributed by atoms with Gasteiger partial charge in [-0.15, -0.1) is 0 Å². The zero-order valence-corrected chi connectivity index (χ0v) is 21.6. The Balaban J connectivity index is 1.81. The number of aryl methyl sites for hydroxylation is 2. The molecule has 11 heteroatoms. The molecule has 0 saturated heterocycles. The predicted molar refractivity (Wildman–Crippen MR) is 137 cm³/mol. The highest BCUT2D eigenvalue weighted by atomic mass is 35.5. The van der Waals surface area contributed by atoms with Gasteiger partial charge in [-0.1, -0.05) is 42.8 Å². The molecule has 2 atom stereocenters. The van der Waals surface area contributed by atoms with Crippen LogP contribution in [0.5, 0.6) is 5.75 Å². The number of aliphatic hydroxyl groups is 1. The van der Waals surface area contributed by atoms with Gasteiger partial charge in [0.1, 0.15) is 11.3 Å². The summed E-state index contributed by atoms with van der Waals surface area (Å²) in [5, 5.41) is 20.5. The molecule has 2 unspecified atom stereocenters. The molecule has 0 aliphatic heterocycles. The third-order valence-electron chi connectivity index (χ3n) is 7.00. The molecule has 0 amide bonds. The average molecular weight is 549 g/mol. The van der Waals surface area contributed by atoms with Gasteiger partial charge in [-0.05, 0) is 52.6 Å².